The Labute approximate surface area is 110 Å². The fourth-order valence-electron chi connectivity index (χ4n) is 1.99. The molecule has 0 aromatic heterocycles. The number of rotatable bonds is 2. The molecule has 0 spiro atoms. The Morgan fingerprint density at radius 3 is 2.53 bits per heavy atom. The van der Waals surface area contributed by atoms with Gasteiger partial charge in [-0.15, -0.1) is 0 Å². The molecule has 2 N–H and O–H groups in total. The van der Waals surface area contributed by atoms with Crippen molar-refractivity contribution < 1.29 is 4.79 Å². The third-order valence-corrected chi connectivity index (χ3v) is 3.70. The van der Waals surface area contributed by atoms with Crippen molar-refractivity contribution in [3.8, 4) is 0 Å². The van der Waals surface area contributed by atoms with E-state index >= 15 is 0 Å². The molecule has 1 fully saturated rings. The molecule has 0 bridgehead atoms. The summed E-state index contributed by atoms with van der Waals surface area (Å²) in [5, 5.41) is 6.92. The molecule has 0 aliphatic carbocycles. The van der Waals surface area contributed by atoms with Crippen molar-refractivity contribution in [2.24, 2.45) is 11.8 Å². The first kappa shape index (κ1) is 12.7. The number of hydrogen-bond donors (Lipinski definition) is 2. The predicted octanol–water partition coefficient (Wildman–Crippen LogP) is 2.79. The zero-order valence-corrected chi connectivity index (χ0v) is 11.0. The lowest BCUT2D eigenvalue weighted by Gasteiger charge is -2.15. The van der Waals surface area contributed by atoms with Gasteiger partial charge in [-0.3, -0.25) is 4.79 Å². The topological polar surface area (TPSA) is 41.1 Å². The first-order valence-corrected chi connectivity index (χ1v) is 6.30. The van der Waals surface area contributed by atoms with Crippen LogP contribution in [0.4, 0.5) is 5.69 Å². The Hall–Kier alpha value is -0.770. The highest BCUT2D eigenvalue weighted by atomic mass is 35.5. The lowest BCUT2D eigenvalue weighted by atomic mass is 9.97. The molecule has 1 heterocycles. The van der Waals surface area contributed by atoms with E-state index in [4.69, 9.17) is 23.2 Å². The number of anilines is 1. The van der Waals surface area contributed by atoms with E-state index in [2.05, 4.69) is 17.6 Å². The molecule has 0 radical (unpaired) electrons. The van der Waals surface area contributed by atoms with Gasteiger partial charge in [-0.1, -0.05) is 36.2 Å². The standard InChI is InChI=1S/C12H14Cl2N2O/c1-7-5-15-6-8(7)12(17)16-11-9(13)3-2-4-10(11)14/h2-4,7-8,15H,5-6H2,1H3,(H,16,17)/t7-,8-/m1/s1. The molecule has 92 valence electrons. The minimum Gasteiger partial charge on any atom is -0.323 e. The van der Waals surface area contributed by atoms with Crippen molar-refractivity contribution >= 4 is 34.8 Å². The van der Waals surface area contributed by atoms with Gasteiger partial charge < -0.3 is 10.6 Å². The number of hydrogen-bond acceptors (Lipinski definition) is 2. The van der Waals surface area contributed by atoms with E-state index in [1.807, 2.05) is 0 Å². The Morgan fingerprint density at radius 2 is 2.00 bits per heavy atom. The van der Waals surface area contributed by atoms with Gasteiger partial charge in [0.1, 0.15) is 0 Å². The van der Waals surface area contributed by atoms with Crippen LogP contribution < -0.4 is 10.6 Å². The van der Waals surface area contributed by atoms with Crippen molar-refractivity contribution in [1.82, 2.24) is 5.32 Å². The summed E-state index contributed by atoms with van der Waals surface area (Å²) in [6, 6.07) is 5.17. The summed E-state index contributed by atoms with van der Waals surface area (Å²) in [7, 11) is 0. The normalized spacial score (nSPS) is 23.7. The number of nitrogens with one attached hydrogen (secondary N) is 2. The van der Waals surface area contributed by atoms with E-state index in [9.17, 15) is 4.79 Å². The Kier molecular flexibility index (Phi) is 3.92. The van der Waals surface area contributed by atoms with Crippen LogP contribution in [0.1, 0.15) is 6.92 Å². The molecule has 17 heavy (non-hydrogen) atoms. The van der Waals surface area contributed by atoms with Gasteiger partial charge in [0.2, 0.25) is 5.91 Å². The Balaban J connectivity index is 2.13. The fraction of sp³-hybridized carbons (Fsp3) is 0.417. The summed E-state index contributed by atoms with van der Waals surface area (Å²) in [6.07, 6.45) is 0. The highest BCUT2D eigenvalue weighted by molar-refractivity contribution is 6.39. The molecule has 1 aliphatic rings. The van der Waals surface area contributed by atoms with Crippen LogP contribution >= 0.6 is 23.2 Å². The molecule has 2 atom stereocenters. The average Bonchev–Trinajstić information content (AvgIpc) is 2.70. The molecule has 5 heteroatoms. The number of benzene rings is 1. The summed E-state index contributed by atoms with van der Waals surface area (Å²) in [5.74, 6) is 0.274. The maximum Gasteiger partial charge on any atom is 0.229 e. The predicted molar refractivity (Wildman–Crippen MR) is 70.6 cm³/mol. The fourth-order valence-corrected chi connectivity index (χ4v) is 2.49. The summed E-state index contributed by atoms with van der Waals surface area (Å²) < 4.78 is 0. The van der Waals surface area contributed by atoms with E-state index in [0.717, 1.165) is 6.54 Å². The zero-order valence-electron chi connectivity index (χ0n) is 9.47. The second-order valence-corrected chi connectivity index (χ2v) is 5.14. The van der Waals surface area contributed by atoms with E-state index in [0.29, 0.717) is 28.2 Å². The molecule has 1 aromatic rings. The van der Waals surface area contributed by atoms with Crippen LogP contribution in [0, 0.1) is 11.8 Å². The zero-order chi connectivity index (χ0) is 12.4. The monoisotopic (exact) mass is 272 g/mol. The lowest BCUT2D eigenvalue weighted by Crippen LogP contribution is -2.28. The molecule has 1 saturated heterocycles. The number of carbonyl (C=O) groups is 1. The highest BCUT2D eigenvalue weighted by Gasteiger charge is 2.30. The lowest BCUT2D eigenvalue weighted by molar-refractivity contribution is -0.120. The van der Waals surface area contributed by atoms with Crippen LogP contribution in [0.5, 0.6) is 0 Å². The van der Waals surface area contributed by atoms with Crippen LogP contribution in [-0.2, 0) is 4.79 Å². The van der Waals surface area contributed by atoms with Gasteiger partial charge in [0.05, 0.1) is 21.7 Å². The number of halogens is 2. The van der Waals surface area contributed by atoms with Gasteiger partial charge in [-0.05, 0) is 24.6 Å². The van der Waals surface area contributed by atoms with Gasteiger partial charge in [0.15, 0.2) is 0 Å². The van der Waals surface area contributed by atoms with Gasteiger partial charge >= 0.3 is 0 Å². The van der Waals surface area contributed by atoms with Gasteiger partial charge in [-0.25, -0.2) is 0 Å². The quantitative estimate of drug-likeness (QED) is 0.870. The molecular weight excluding hydrogens is 259 g/mol. The van der Waals surface area contributed by atoms with Crippen molar-refractivity contribution in [3.05, 3.63) is 28.2 Å². The largest absolute Gasteiger partial charge is 0.323 e. The Bertz CT molecular complexity index is 416. The molecule has 1 aliphatic heterocycles. The van der Waals surface area contributed by atoms with E-state index < -0.39 is 0 Å². The van der Waals surface area contributed by atoms with E-state index in [-0.39, 0.29) is 11.8 Å². The highest BCUT2D eigenvalue weighted by Crippen LogP contribution is 2.30. The number of amides is 1. The summed E-state index contributed by atoms with van der Waals surface area (Å²) in [5.41, 5.74) is 0.500. The van der Waals surface area contributed by atoms with Crippen molar-refractivity contribution in [2.45, 2.75) is 6.92 Å². The first-order chi connectivity index (χ1) is 8.09. The van der Waals surface area contributed by atoms with Crippen LogP contribution in [-0.4, -0.2) is 19.0 Å². The maximum absolute atomic E-state index is 12.1. The van der Waals surface area contributed by atoms with E-state index in [1.165, 1.54) is 0 Å². The number of carbonyl (C=O) groups excluding carboxylic acids is 1. The Morgan fingerprint density at radius 1 is 1.35 bits per heavy atom. The summed E-state index contributed by atoms with van der Waals surface area (Å²) in [4.78, 5) is 12.1. The molecule has 0 unspecified atom stereocenters. The summed E-state index contributed by atoms with van der Waals surface area (Å²) >= 11 is 12.0. The van der Waals surface area contributed by atoms with E-state index in [1.54, 1.807) is 18.2 Å². The third kappa shape index (κ3) is 2.73. The molecule has 1 amide bonds. The van der Waals surface area contributed by atoms with Crippen LogP contribution in [0.3, 0.4) is 0 Å². The minimum absolute atomic E-state index is 0.0256. The maximum atomic E-state index is 12.1. The third-order valence-electron chi connectivity index (χ3n) is 3.07. The van der Waals surface area contributed by atoms with Crippen LogP contribution in [0.25, 0.3) is 0 Å². The molecular formula is C12H14Cl2N2O. The van der Waals surface area contributed by atoms with Crippen molar-refractivity contribution in [1.29, 1.82) is 0 Å². The molecule has 0 saturated carbocycles. The molecule has 1 aromatic carbocycles. The average molecular weight is 273 g/mol. The smallest absolute Gasteiger partial charge is 0.229 e. The van der Waals surface area contributed by atoms with Crippen LogP contribution in [0.15, 0.2) is 18.2 Å². The second-order valence-electron chi connectivity index (χ2n) is 4.33. The second kappa shape index (κ2) is 5.25. The SMILES string of the molecule is C[C@@H]1CNC[C@H]1C(=O)Nc1c(Cl)cccc1Cl. The molecule has 2 rings (SSSR count). The van der Waals surface area contributed by atoms with Crippen LogP contribution in [0.2, 0.25) is 10.0 Å². The number of para-hydroxylation sites is 1. The van der Waals surface area contributed by atoms with Gasteiger partial charge in [-0.2, -0.15) is 0 Å². The summed E-state index contributed by atoms with van der Waals surface area (Å²) in [6.45, 7) is 3.63. The van der Waals surface area contributed by atoms with Gasteiger partial charge in [0.25, 0.3) is 0 Å². The first-order valence-electron chi connectivity index (χ1n) is 5.55. The van der Waals surface area contributed by atoms with Crippen molar-refractivity contribution in [2.75, 3.05) is 18.4 Å². The molecule has 3 nitrogen and oxygen atoms in total. The van der Waals surface area contributed by atoms with Crippen molar-refractivity contribution in [3.63, 3.8) is 0 Å². The minimum atomic E-state index is -0.0301. The van der Waals surface area contributed by atoms with Gasteiger partial charge in [0, 0.05) is 6.54 Å².